The topological polar surface area (TPSA) is 57.5 Å². The van der Waals surface area contributed by atoms with Crippen molar-refractivity contribution in [1.29, 1.82) is 0 Å². The zero-order chi connectivity index (χ0) is 12.1. The third kappa shape index (κ3) is 3.26. The third-order valence-electron chi connectivity index (χ3n) is 2.92. The van der Waals surface area contributed by atoms with Crippen molar-refractivity contribution in [2.75, 3.05) is 0 Å². The van der Waals surface area contributed by atoms with Crippen molar-refractivity contribution in [3.05, 3.63) is 29.3 Å². The molecule has 0 fully saturated rings. The van der Waals surface area contributed by atoms with E-state index in [0.717, 1.165) is 12.8 Å². The van der Waals surface area contributed by atoms with E-state index in [0.29, 0.717) is 23.5 Å². The van der Waals surface area contributed by atoms with Gasteiger partial charge in [0.25, 0.3) is 0 Å². The lowest BCUT2D eigenvalue weighted by atomic mass is 9.96. The summed E-state index contributed by atoms with van der Waals surface area (Å²) >= 11 is 0. The fraction of sp³-hybridized carbons (Fsp3) is 0.462. The maximum absolute atomic E-state index is 11.0. The monoisotopic (exact) mass is 222 g/mol. The van der Waals surface area contributed by atoms with Gasteiger partial charge in [0.2, 0.25) is 0 Å². The maximum atomic E-state index is 11.0. The Labute approximate surface area is 95.7 Å². The lowest BCUT2D eigenvalue weighted by Gasteiger charge is -2.10. The Balaban J connectivity index is 2.84. The summed E-state index contributed by atoms with van der Waals surface area (Å²) in [7, 11) is 0. The SMILES string of the molecule is CC[C@H](C)CCc1cc(O)ccc1C(=O)O. The number of rotatable bonds is 5. The van der Waals surface area contributed by atoms with Gasteiger partial charge in [0.1, 0.15) is 5.75 Å². The van der Waals surface area contributed by atoms with Crippen LogP contribution >= 0.6 is 0 Å². The molecule has 3 nitrogen and oxygen atoms in total. The molecule has 0 aliphatic carbocycles. The second-order valence-corrected chi connectivity index (χ2v) is 4.20. The normalized spacial score (nSPS) is 12.4. The molecular weight excluding hydrogens is 204 g/mol. The summed E-state index contributed by atoms with van der Waals surface area (Å²) < 4.78 is 0. The molecule has 0 aliphatic heterocycles. The molecule has 0 bridgehead atoms. The highest BCUT2D eigenvalue weighted by Gasteiger charge is 2.11. The Morgan fingerprint density at radius 2 is 2.12 bits per heavy atom. The van der Waals surface area contributed by atoms with Crippen molar-refractivity contribution in [2.24, 2.45) is 5.92 Å². The van der Waals surface area contributed by atoms with Crippen LogP contribution in [0.3, 0.4) is 0 Å². The lowest BCUT2D eigenvalue weighted by Crippen LogP contribution is -2.04. The Morgan fingerprint density at radius 1 is 1.44 bits per heavy atom. The fourth-order valence-electron chi connectivity index (χ4n) is 1.60. The number of carboxylic acids is 1. The van der Waals surface area contributed by atoms with Gasteiger partial charge in [0.05, 0.1) is 5.56 Å². The van der Waals surface area contributed by atoms with E-state index < -0.39 is 5.97 Å². The molecule has 0 saturated carbocycles. The number of benzene rings is 1. The predicted octanol–water partition coefficient (Wildman–Crippen LogP) is 3.07. The Bertz CT molecular complexity index is 371. The van der Waals surface area contributed by atoms with Crippen molar-refractivity contribution in [1.82, 2.24) is 0 Å². The van der Waals surface area contributed by atoms with Gasteiger partial charge in [-0.1, -0.05) is 20.3 Å². The molecule has 2 N–H and O–H groups in total. The van der Waals surface area contributed by atoms with Crippen molar-refractivity contribution >= 4 is 5.97 Å². The van der Waals surface area contributed by atoms with Gasteiger partial charge >= 0.3 is 5.97 Å². The Kier molecular flexibility index (Phi) is 4.35. The summed E-state index contributed by atoms with van der Waals surface area (Å²) in [6, 6.07) is 4.42. The van der Waals surface area contributed by atoms with Crippen LogP contribution in [0.2, 0.25) is 0 Å². The number of phenols is 1. The largest absolute Gasteiger partial charge is 0.508 e. The Morgan fingerprint density at radius 3 is 2.69 bits per heavy atom. The van der Waals surface area contributed by atoms with Gasteiger partial charge in [0.15, 0.2) is 0 Å². The summed E-state index contributed by atoms with van der Waals surface area (Å²) in [5.41, 5.74) is 1.01. The molecule has 1 aromatic rings. The van der Waals surface area contributed by atoms with Crippen molar-refractivity contribution in [3.63, 3.8) is 0 Å². The highest BCUT2D eigenvalue weighted by Crippen LogP contribution is 2.20. The second-order valence-electron chi connectivity index (χ2n) is 4.20. The molecule has 0 radical (unpaired) electrons. The van der Waals surface area contributed by atoms with Gasteiger partial charge in [-0.25, -0.2) is 4.79 Å². The van der Waals surface area contributed by atoms with Crippen molar-refractivity contribution < 1.29 is 15.0 Å². The summed E-state index contributed by atoms with van der Waals surface area (Å²) in [5.74, 6) is -0.229. The average Bonchev–Trinajstić information content (AvgIpc) is 2.25. The molecule has 0 heterocycles. The standard InChI is InChI=1S/C13H18O3/c1-3-9(2)4-5-10-8-11(14)6-7-12(10)13(15)16/h6-9,14H,3-5H2,1-2H3,(H,15,16)/t9-/m0/s1. The molecule has 0 unspecified atom stereocenters. The van der Waals surface area contributed by atoms with Crippen LogP contribution in [0.5, 0.6) is 5.75 Å². The molecule has 88 valence electrons. The zero-order valence-corrected chi connectivity index (χ0v) is 9.73. The quantitative estimate of drug-likeness (QED) is 0.805. The number of phenolic OH excluding ortho intramolecular Hbond substituents is 1. The fourth-order valence-corrected chi connectivity index (χ4v) is 1.60. The molecule has 0 aliphatic rings. The van der Waals surface area contributed by atoms with E-state index in [1.807, 2.05) is 0 Å². The molecule has 1 atom stereocenters. The first kappa shape index (κ1) is 12.6. The van der Waals surface area contributed by atoms with E-state index in [-0.39, 0.29) is 5.75 Å². The van der Waals surface area contributed by atoms with Crippen LogP contribution in [0.25, 0.3) is 0 Å². The molecule has 0 aromatic heterocycles. The van der Waals surface area contributed by atoms with Crippen molar-refractivity contribution in [2.45, 2.75) is 33.1 Å². The molecule has 16 heavy (non-hydrogen) atoms. The molecular formula is C13H18O3. The van der Waals surface area contributed by atoms with E-state index in [1.54, 1.807) is 6.07 Å². The predicted molar refractivity (Wildman–Crippen MR) is 62.8 cm³/mol. The highest BCUT2D eigenvalue weighted by molar-refractivity contribution is 5.89. The average molecular weight is 222 g/mol. The van der Waals surface area contributed by atoms with Crippen LogP contribution in [-0.4, -0.2) is 16.2 Å². The molecule has 0 saturated heterocycles. The lowest BCUT2D eigenvalue weighted by molar-refractivity contribution is 0.0695. The first-order chi connectivity index (χ1) is 7.54. The minimum absolute atomic E-state index is 0.129. The number of aromatic carboxylic acids is 1. The molecule has 3 heteroatoms. The van der Waals surface area contributed by atoms with Crippen LogP contribution in [0, 0.1) is 5.92 Å². The summed E-state index contributed by atoms with van der Waals surface area (Å²) in [4.78, 5) is 11.0. The van der Waals surface area contributed by atoms with Gasteiger partial charge < -0.3 is 10.2 Å². The highest BCUT2D eigenvalue weighted by atomic mass is 16.4. The first-order valence-electron chi connectivity index (χ1n) is 5.59. The van der Waals surface area contributed by atoms with E-state index in [9.17, 15) is 9.90 Å². The van der Waals surface area contributed by atoms with Gasteiger partial charge in [-0.05, 0) is 42.5 Å². The number of aryl methyl sites for hydroxylation is 1. The van der Waals surface area contributed by atoms with Gasteiger partial charge in [-0.2, -0.15) is 0 Å². The van der Waals surface area contributed by atoms with Gasteiger partial charge in [0, 0.05) is 0 Å². The van der Waals surface area contributed by atoms with Crippen molar-refractivity contribution in [3.8, 4) is 5.75 Å². The minimum Gasteiger partial charge on any atom is -0.508 e. The molecule has 1 aromatic carbocycles. The number of hydrogen-bond donors (Lipinski definition) is 2. The van der Waals surface area contributed by atoms with E-state index in [4.69, 9.17) is 5.11 Å². The molecule has 0 amide bonds. The summed E-state index contributed by atoms with van der Waals surface area (Å²) in [6.07, 6.45) is 2.73. The number of carboxylic acid groups (broad SMARTS) is 1. The Hall–Kier alpha value is -1.51. The van der Waals surface area contributed by atoms with Crippen LogP contribution in [0.1, 0.15) is 42.6 Å². The zero-order valence-electron chi connectivity index (χ0n) is 9.73. The number of hydrogen-bond acceptors (Lipinski definition) is 2. The van der Waals surface area contributed by atoms with Crippen LogP contribution < -0.4 is 0 Å². The first-order valence-corrected chi connectivity index (χ1v) is 5.59. The van der Waals surface area contributed by atoms with E-state index in [1.165, 1.54) is 12.1 Å². The van der Waals surface area contributed by atoms with Gasteiger partial charge in [-0.15, -0.1) is 0 Å². The maximum Gasteiger partial charge on any atom is 0.335 e. The minimum atomic E-state index is -0.931. The molecule has 1 rings (SSSR count). The van der Waals surface area contributed by atoms with E-state index >= 15 is 0 Å². The number of aromatic hydroxyl groups is 1. The second kappa shape index (κ2) is 5.54. The summed E-state index contributed by atoms with van der Waals surface area (Å²) in [5, 5.41) is 18.3. The van der Waals surface area contributed by atoms with E-state index in [2.05, 4.69) is 13.8 Å². The van der Waals surface area contributed by atoms with Crippen LogP contribution in [-0.2, 0) is 6.42 Å². The van der Waals surface area contributed by atoms with Crippen LogP contribution in [0.4, 0.5) is 0 Å². The smallest absolute Gasteiger partial charge is 0.335 e. The third-order valence-corrected chi connectivity index (χ3v) is 2.92. The molecule has 0 spiro atoms. The van der Waals surface area contributed by atoms with Gasteiger partial charge in [-0.3, -0.25) is 0 Å². The number of carbonyl (C=O) groups is 1. The summed E-state index contributed by atoms with van der Waals surface area (Å²) in [6.45, 7) is 4.26. The van der Waals surface area contributed by atoms with Crippen LogP contribution in [0.15, 0.2) is 18.2 Å².